The van der Waals surface area contributed by atoms with Gasteiger partial charge in [0.25, 0.3) is 0 Å². The van der Waals surface area contributed by atoms with Gasteiger partial charge in [-0.3, -0.25) is 0 Å². The lowest BCUT2D eigenvalue weighted by atomic mass is 9.78. The molecule has 0 saturated carbocycles. The van der Waals surface area contributed by atoms with Gasteiger partial charge in [0.05, 0.1) is 28.0 Å². The third kappa shape index (κ3) is 3.92. The summed E-state index contributed by atoms with van der Waals surface area (Å²) in [5.74, 6) is 0.258. The monoisotopic (exact) mass is 697 g/mol. The van der Waals surface area contributed by atoms with Crippen molar-refractivity contribution in [2.45, 2.75) is 51.0 Å². The highest BCUT2D eigenvalue weighted by molar-refractivity contribution is 6.26. The highest BCUT2D eigenvalue weighted by Gasteiger charge is 2.46. The average Bonchev–Trinajstić information content (AvgIpc) is 3.84. The van der Waals surface area contributed by atoms with Crippen molar-refractivity contribution in [3.63, 3.8) is 0 Å². The summed E-state index contributed by atoms with van der Waals surface area (Å²) in [5.41, 5.74) is 15.8. The summed E-state index contributed by atoms with van der Waals surface area (Å²) >= 11 is 0. The van der Waals surface area contributed by atoms with E-state index in [0.29, 0.717) is 0 Å². The maximum absolute atomic E-state index is 6.46. The Bertz CT molecular complexity index is 3240. The van der Waals surface area contributed by atoms with E-state index in [9.17, 15) is 0 Å². The Kier molecular flexibility index (Phi) is 5.85. The second-order valence-electron chi connectivity index (χ2n) is 16.6. The fourth-order valence-corrected chi connectivity index (χ4v) is 10.2. The first-order valence-corrected chi connectivity index (χ1v) is 19.2. The molecule has 0 radical (unpaired) electrons. The van der Waals surface area contributed by atoms with Gasteiger partial charge in [-0.1, -0.05) is 75.4 Å². The van der Waals surface area contributed by atoms with Crippen LogP contribution < -0.4 is 9.13 Å². The Morgan fingerprint density at radius 1 is 0.648 bits per heavy atom. The molecule has 2 aliphatic heterocycles. The standard InChI is InChI=1S/C50H39N3O/c1-29-48-37(32-12-5-6-13-33(32)42-17-9-10-22-52(42)48)20-19-30-24-44-39(26-38(30)43-25-31(50(2,3)4)21-23-51(29)43)35-15-11-16-36-40-27-41-34-14-7-8-18-46(34)54-47(41)28-45(40)53(44)49(35)36/h5-18,21-28,37,48H,1,19-20H2,2-4H3/q+2. The van der Waals surface area contributed by atoms with Gasteiger partial charge in [-0.25, -0.2) is 0 Å². The van der Waals surface area contributed by atoms with Crippen LogP contribution in [0.25, 0.3) is 88.2 Å². The molecule has 7 heterocycles. The smallest absolute Gasteiger partial charge is 0.249 e. The van der Waals surface area contributed by atoms with Gasteiger partial charge in [0.2, 0.25) is 23.1 Å². The third-order valence-electron chi connectivity index (χ3n) is 12.7. The maximum Gasteiger partial charge on any atom is 0.249 e. The molecule has 0 spiro atoms. The number of aromatic nitrogens is 3. The van der Waals surface area contributed by atoms with Crippen molar-refractivity contribution in [3.05, 3.63) is 157 Å². The van der Waals surface area contributed by atoms with Crippen LogP contribution in [0.2, 0.25) is 0 Å². The van der Waals surface area contributed by atoms with Gasteiger partial charge in [0, 0.05) is 68.2 Å². The second-order valence-corrected chi connectivity index (χ2v) is 16.6. The number of benzene rings is 5. The van der Waals surface area contributed by atoms with Crippen LogP contribution >= 0.6 is 0 Å². The van der Waals surface area contributed by atoms with E-state index < -0.39 is 0 Å². The number of furan rings is 1. The molecular formula is C50H39N3O+2. The molecule has 0 bridgehead atoms. The predicted octanol–water partition coefficient (Wildman–Crippen LogP) is 11.7. The normalized spacial score (nSPS) is 17.1. The molecule has 2 aliphatic rings. The van der Waals surface area contributed by atoms with E-state index in [0.717, 1.165) is 35.1 Å². The highest BCUT2D eigenvalue weighted by atomic mass is 16.3. The predicted molar refractivity (Wildman–Crippen MR) is 220 cm³/mol. The number of para-hydroxylation sites is 2. The number of aryl methyl sites for hydroxylation is 1. The fraction of sp³-hybridized carbons (Fsp3) is 0.160. The molecule has 0 N–H and O–H groups in total. The Balaban J connectivity index is 1.17. The van der Waals surface area contributed by atoms with Gasteiger partial charge >= 0.3 is 0 Å². The topological polar surface area (TPSA) is 25.3 Å². The van der Waals surface area contributed by atoms with Gasteiger partial charge in [0.1, 0.15) is 11.2 Å². The van der Waals surface area contributed by atoms with E-state index >= 15 is 0 Å². The van der Waals surface area contributed by atoms with Crippen molar-refractivity contribution in [1.29, 1.82) is 0 Å². The third-order valence-corrected chi connectivity index (χ3v) is 12.7. The molecule has 4 nitrogen and oxygen atoms in total. The minimum Gasteiger partial charge on any atom is -0.456 e. The Morgan fingerprint density at radius 3 is 2.28 bits per heavy atom. The molecule has 0 aliphatic carbocycles. The van der Waals surface area contributed by atoms with Crippen LogP contribution in [0.4, 0.5) is 0 Å². The number of nitrogens with zero attached hydrogens (tertiary/aromatic N) is 3. The van der Waals surface area contributed by atoms with Crippen molar-refractivity contribution in [2.24, 2.45) is 0 Å². The van der Waals surface area contributed by atoms with Crippen LogP contribution in [0.15, 0.2) is 145 Å². The molecule has 10 aromatic rings. The van der Waals surface area contributed by atoms with E-state index in [1.54, 1.807) is 0 Å². The van der Waals surface area contributed by atoms with Crippen LogP contribution in [-0.2, 0) is 11.8 Å². The molecule has 5 aromatic carbocycles. The van der Waals surface area contributed by atoms with Crippen molar-refractivity contribution in [3.8, 4) is 22.5 Å². The largest absolute Gasteiger partial charge is 0.456 e. The molecule has 258 valence electrons. The van der Waals surface area contributed by atoms with E-state index in [4.69, 9.17) is 11.0 Å². The van der Waals surface area contributed by atoms with Crippen LogP contribution in [0.3, 0.4) is 0 Å². The molecule has 0 amide bonds. The van der Waals surface area contributed by atoms with Crippen LogP contribution in [0, 0.1) is 0 Å². The number of allylic oxidation sites excluding steroid dienone is 1. The number of hydrogen-bond acceptors (Lipinski definition) is 1. The number of fused-ring (bicyclic) bond motifs is 18. The molecule has 12 rings (SSSR count). The molecule has 54 heavy (non-hydrogen) atoms. The summed E-state index contributed by atoms with van der Waals surface area (Å²) in [6, 6.07) is 45.3. The summed E-state index contributed by atoms with van der Waals surface area (Å²) in [6.07, 6.45) is 6.50. The number of hydrogen-bond donors (Lipinski definition) is 0. The average molecular weight is 698 g/mol. The zero-order valence-electron chi connectivity index (χ0n) is 30.7. The minimum atomic E-state index is -0.00918. The molecule has 4 heteroatoms. The summed E-state index contributed by atoms with van der Waals surface area (Å²) in [4.78, 5) is 0. The van der Waals surface area contributed by atoms with E-state index in [1.807, 2.05) is 0 Å². The first kappa shape index (κ1) is 30.2. The highest BCUT2D eigenvalue weighted by Crippen LogP contribution is 2.47. The molecule has 0 fully saturated rings. The van der Waals surface area contributed by atoms with Crippen molar-refractivity contribution in [1.82, 2.24) is 4.40 Å². The number of rotatable bonds is 0. The maximum atomic E-state index is 6.46. The Morgan fingerprint density at radius 2 is 1.41 bits per heavy atom. The Hall–Kier alpha value is -6.26. The van der Waals surface area contributed by atoms with Crippen LogP contribution in [0.1, 0.15) is 55.8 Å². The quantitative estimate of drug-likeness (QED) is 0.145. The van der Waals surface area contributed by atoms with E-state index in [-0.39, 0.29) is 17.4 Å². The van der Waals surface area contributed by atoms with Gasteiger partial charge in [-0.2, -0.15) is 9.13 Å². The minimum absolute atomic E-state index is 0.00918. The lowest BCUT2D eigenvalue weighted by Crippen LogP contribution is -2.53. The van der Waals surface area contributed by atoms with Crippen molar-refractivity contribution < 1.29 is 13.6 Å². The summed E-state index contributed by atoms with van der Waals surface area (Å²) in [5, 5.41) is 7.45. The molecule has 5 aromatic heterocycles. The SMILES string of the molecule is C=C1C2C(CCc3cc4c(cc3-c3cc(C(C)(C)C)cc[n+]31)c1cccc3c5cc6c(cc5n4c13)oc1ccccc16)c1ccccc1-c1cccc[n+]12. The van der Waals surface area contributed by atoms with E-state index in [2.05, 4.69) is 168 Å². The van der Waals surface area contributed by atoms with Gasteiger partial charge in [-0.05, 0) is 77.9 Å². The van der Waals surface area contributed by atoms with Crippen molar-refractivity contribution in [2.75, 3.05) is 0 Å². The lowest BCUT2D eigenvalue weighted by molar-refractivity contribution is -0.727. The molecule has 2 atom stereocenters. The van der Waals surface area contributed by atoms with Gasteiger partial charge in [-0.15, -0.1) is 0 Å². The summed E-state index contributed by atoms with van der Waals surface area (Å²) in [6.45, 7) is 11.9. The zero-order chi connectivity index (χ0) is 36.0. The van der Waals surface area contributed by atoms with Gasteiger partial charge in [0.15, 0.2) is 12.4 Å². The molecule has 2 unspecified atom stereocenters. The van der Waals surface area contributed by atoms with Crippen LogP contribution in [0.5, 0.6) is 0 Å². The fourth-order valence-electron chi connectivity index (χ4n) is 10.2. The number of pyridine rings is 2. The van der Waals surface area contributed by atoms with Gasteiger partial charge < -0.3 is 8.82 Å². The first-order chi connectivity index (χ1) is 26.3. The Labute approximate surface area is 313 Å². The lowest BCUT2D eigenvalue weighted by Gasteiger charge is -2.29. The first-order valence-electron chi connectivity index (χ1n) is 19.2. The van der Waals surface area contributed by atoms with Crippen LogP contribution in [-0.4, -0.2) is 4.40 Å². The summed E-state index contributed by atoms with van der Waals surface area (Å²) in [7, 11) is 0. The summed E-state index contributed by atoms with van der Waals surface area (Å²) < 4.78 is 13.9. The van der Waals surface area contributed by atoms with E-state index in [1.165, 1.54) is 82.7 Å². The van der Waals surface area contributed by atoms with Crippen molar-refractivity contribution >= 4 is 65.7 Å². The zero-order valence-corrected chi connectivity index (χ0v) is 30.7. The second kappa shape index (κ2) is 10.4. The molecule has 0 saturated heterocycles. The molecular weight excluding hydrogens is 659 g/mol.